The molecule has 1 heterocycles. The molecule has 1 amide bonds. The number of likely N-dealkylation sites (N-methyl/N-ethyl adjacent to an activating group) is 1. The predicted octanol–water partition coefficient (Wildman–Crippen LogP) is 2.46. The molecule has 0 aliphatic rings. The van der Waals surface area contributed by atoms with Crippen LogP contribution in [0.3, 0.4) is 0 Å². The fourth-order valence-electron chi connectivity index (χ4n) is 2.09. The van der Waals surface area contributed by atoms with Gasteiger partial charge >= 0.3 is 0 Å². The van der Waals surface area contributed by atoms with Gasteiger partial charge in [-0.3, -0.25) is 4.79 Å². The molecule has 0 spiro atoms. The van der Waals surface area contributed by atoms with Crippen molar-refractivity contribution in [3.63, 3.8) is 0 Å². The number of aryl methyl sites for hydroxylation is 1. The van der Waals surface area contributed by atoms with E-state index in [1.165, 1.54) is 6.92 Å². The van der Waals surface area contributed by atoms with Gasteiger partial charge in [-0.2, -0.15) is 4.98 Å². The van der Waals surface area contributed by atoms with Crippen molar-refractivity contribution >= 4 is 29.0 Å². The fraction of sp³-hybridized carbons (Fsp3) is 0.353. The lowest BCUT2D eigenvalue weighted by molar-refractivity contribution is -0.114. The minimum Gasteiger partial charge on any atom is -0.353 e. The van der Waals surface area contributed by atoms with E-state index in [1.54, 1.807) is 0 Å². The van der Waals surface area contributed by atoms with Gasteiger partial charge in [-0.15, -0.1) is 0 Å². The van der Waals surface area contributed by atoms with Crippen molar-refractivity contribution in [3.05, 3.63) is 36.0 Å². The molecule has 0 saturated heterocycles. The van der Waals surface area contributed by atoms with E-state index >= 15 is 0 Å². The van der Waals surface area contributed by atoms with Crippen molar-refractivity contribution < 1.29 is 4.79 Å². The lowest BCUT2D eigenvalue weighted by atomic mass is 10.2. The highest BCUT2D eigenvalue weighted by atomic mass is 16.1. The van der Waals surface area contributed by atoms with Crippen LogP contribution in [0.4, 0.5) is 23.1 Å². The first kappa shape index (κ1) is 17.7. The van der Waals surface area contributed by atoms with Crippen LogP contribution in [0.15, 0.2) is 30.3 Å². The molecule has 7 nitrogen and oxygen atoms in total. The Bertz CT molecular complexity index is 684. The second-order valence-electron chi connectivity index (χ2n) is 5.83. The van der Waals surface area contributed by atoms with Crippen molar-refractivity contribution in [3.8, 4) is 0 Å². The molecule has 24 heavy (non-hydrogen) atoms. The maximum atomic E-state index is 11.0. The van der Waals surface area contributed by atoms with E-state index in [-0.39, 0.29) is 5.91 Å². The first-order chi connectivity index (χ1) is 11.4. The first-order valence-electron chi connectivity index (χ1n) is 7.81. The van der Waals surface area contributed by atoms with Gasteiger partial charge < -0.3 is 20.9 Å². The summed E-state index contributed by atoms with van der Waals surface area (Å²) < 4.78 is 0. The highest BCUT2D eigenvalue weighted by molar-refractivity contribution is 5.88. The molecule has 128 valence electrons. The summed E-state index contributed by atoms with van der Waals surface area (Å²) in [4.78, 5) is 22.0. The van der Waals surface area contributed by atoms with Crippen LogP contribution >= 0.6 is 0 Å². The van der Waals surface area contributed by atoms with E-state index in [9.17, 15) is 4.79 Å². The summed E-state index contributed by atoms with van der Waals surface area (Å²) >= 11 is 0. The molecule has 2 rings (SSSR count). The summed E-state index contributed by atoms with van der Waals surface area (Å²) in [6, 6.07) is 9.35. The Kier molecular flexibility index (Phi) is 6.08. The van der Waals surface area contributed by atoms with Crippen LogP contribution in [0, 0.1) is 6.92 Å². The van der Waals surface area contributed by atoms with E-state index in [2.05, 4.69) is 30.8 Å². The number of rotatable bonds is 7. The highest BCUT2D eigenvalue weighted by Crippen LogP contribution is 2.19. The smallest absolute Gasteiger partial charge is 0.224 e. The molecule has 0 unspecified atom stereocenters. The summed E-state index contributed by atoms with van der Waals surface area (Å²) in [5.41, 5.74) is 2.54. The van der Waals surface area contributed by atoms with E-state index in [4.69, 9.17) is 0 Å². The van der Waals surface area contributed by atoms with Crippen LogP contribution in [-0.2, 0) is 4.79 Å². The monoisotopic (exact) mass is 328 g/mol. The molecule has 0 aliphatic heterocycles. The van der Waals surface area contributed by atoms with Crippen LogP contribution in [0.1, 0.15) is 12.6 Å². The lowest BCUT2D eigenvalue weighted by Crippen LogP contribution is -2.21. The molecular weight excluding hydrogens is 304 g/mol. The third-order valence-electron chi connectivity index (χ3n) is 3.17. The Morgan fingerprint density at radius 3 is 2.42 bits per heavy atom. The third-order valence-corrected chi connectivity index (χ3v) is 3.17. The number of hydrogen-bond donors (Lipinski definition) is 3. The van der Waals surface area contributed by atoms with Gasteiger partial charge in [0.2, 0.25) is 11.9 Å². The van der Waals surface area contributed by atoms with Gasteiger partial charge in [-0.05, 0) is 45.3 Å². The number of anilines is 4. The molecule has 7 heteroatoms. The molecule has 0 saturated carbocycles. The minimum atomic E-state index is -0.0874. The maximum Gasteiger partial charge on any atom is 0.224 e. The molecule has 0 radical (unpaired) electrons. The predicted molar refractivity (Wildman–Crippen MR) is 97.8 cm³/mol. The molecule has 2 aromatic rings. The third kappa shape index (κ3) is 5.85. The number of nitrogens with zero attached hydrogens (tertiary/aromatic N) is 3. The van der Waals surface area contributed by atoms with Gasteiger partial charge in [0.05, 0.1) is 0 Å². The maximum absolute atomic E-state index is 11.0. The van der Waals surface area contributed by atoms with Crippen LogP contribution in [-0.4, -0.2) is 48.0 Å². The lowest BCUT2D eigenvalue weighted by Gasteiger charge is -2.12. The van der Waals surface area contributed by atoms with Crippen molar-refractivity contribution in [1.82, 2.24) is 14.9 Å². The van der Waals surface area contributed by atoms with Crippen molar-refractivity contribution in [2.75, 3.05) is 43.1 Å². The summed E-state index contributed by atoms with van der Waals surface area (Å²) in [7, 11) is 4.05. The Balaban J connectivity index is 2.03. The second kappa shape index (κ2) is 8.26. The zero-order chi connectivity index (χ0) is 17.5. The van der Waals surface area contributed by atoms with Gasteiger partial charge in [-0.25, -0.2) is 4.98 Å². The van der Waals surface area contributed by atoms with Gasteiger partial charge in [0.15, 0.2) is 0 Å². The Hall–Kier alpha value is -2.67. The molecular formula is C17H24N6O. The summed E-state index contributed by atoms with van der Waals surface area (Å²) in [5, 5.41) is 9.21. The van der Waals surface area contributed by atoms with Crippen molar-refractivity contribution in [2.24, 2.45) is 0 Å². The van der Waals surface area contributed by atoms with E-state index in [1.807, 2.05) is 51.4 Å². The standard InChI is InChI=1S/C17H24N6O/c1-12-11-16(22-17(19-12)18-9-10-23(3)4)21-15-7-5-14(6-8-15)20-13(2)24/h5-8,11H,9-10H2,1-4H3,(H,20,24)(H2,18,19,21,22). The quantitative estimate of drug-likeness (QED) is 0.724. The molecule has 3 N–H and O–H groups in total. The van der Waals surface area contributed by atoms with Gasteiger partial charge in [0, 0.05) is 43.1 Å². The van der Waals surface area contributed by atoms with Crippen molar-refractivity contribution in [1.29, 1.82) is 0 Å². The molecule has 0 aliphatic carbocycles. The van der Waals surface area contributed by atoms with Crippen LogP contribution in [0.2, 0.25) is 0 Å². The highest BCUT2D eigenvalue weighted by Gasteiger charge is 2.03. The number of carbonyl (C=O) groups excluding carboxylic acids is 1. The molecule has 0 bridgehead atoms. The topological polar surface area (TPSA) is 82.2 Å². The van der Waals surface area contributed by atoms with Gasteiger partial charge in [0.25, 0.3) is 0 Å². The number of nitrogens with one attached hydrogen (secondary N) is 3. The van der Waals surface area contributed by atoms with E-state index in [0.29, 0.717) is 5.95 Å². The zero-order valence-corrected chi connectivity index (χ0v) is 14.6. The summed E-state index contributed by atoms with van der Waals surface area (Å²) in [6.07, 6.45) is 0. The Morgan fingerprint density at radius 2 is 1.79 bits per heavy atom. The molecule has 0 atom stereocenters. The molecule has 0 fully saturated rings. The van der Waals surface area contributed by atoms with Crippen LogP contribution < -0.4 is 16.0 Å². The number of benzene rings is 1. The fourth-order valence-corrected chi connectivity index (χ4v) is 2.09. The average Bonchev–Trinajstić information content (AvgIpc) is 2.48. The number of hydrogen-bond acceptors (Lipinski definition) is 6. The number of carbonyl (C=O) groups is 1. The summed E-state index contributed by atoms with van der Waals surface area (Å²) in [5.74, 6) is 1.24. The van der Waals surface area contributed by atoms with E-state index in [0.717, 1.165) is 36.0 Å². The average molecular weight is 328 g/mol. The second-order valence-corrected chi connectivity index (χ2v) is 5.83. The minimum absolute atomic E-state index is 0.0874. The van der Waals surface area contributed by atoms with Gasteiger partial charge in [0.1, 0.15) is 5.82 Å². The Labute approximate surface area is 142 Å². The van der Waals surface area contributed by atoms with Crippen molar-refractivity contribution in [2.45, 2.75) is 13.8 Å². The normalized spacial score (nSPS) is 10.5. The Morgan fingerprint density at radius 1 is 1.12 bits per heavy atom. The van der Waals surface area contributed by atoms with Crippen LogP contribution in [0.25, 0.3) is 0 Å². The largest absolute Gasteiger partial charge is 0.353 e. The number of amides is 1. The zero-order valence-electron chi connectivity index (χ0n) is 14.6. The number of aromatic nitrogens is 2. The first-order valence-corrected chi connectivity index (χ1v) is 7.81. The van der Waals surface area contributed by atoms with E-state index < -0.39 is 0 Å². The van der Waals surface area contributed by atoms with Crippen LogP contribution in [0.5, 0.6) is 0 Å². The van der Waals surface area contributed by atoms with Gasteiger partial charge in [-0.1, -0.05) is 0 Å². The molecule has 1 aromatic carbocycles. The summed E-state index contributed by atoms with van der Waals surface area (Å²) in [6.45, 7) is 5.11. The SMILES string of the molecule is CC(=O)Nc1ccc(Nc2cc(C)nc(NCCN(C)C)n2)cc1. The molecule has 1 aromatic heterocycles.